The Morgan fingerprint density at radius 2 is 1.80 bits per heavy atom. The predicted octanol–water partition coefficient (Wildman–Crippen LogP) is 3.30. The van der Waals surface area contributed by atoms with E-state index in [1.54, 1.807) is 26.2 Å². The van der Waals surface area contributed by atoms with Gasteiger partial charge in [0.2, 0.25) is 0 Å². The first-order valence-electron chi connectivity index (χ1n) is 8.26. The second-order valence-electron chi connectivity index (χ2n) is 7.26. The van der Waals surface area contributed by atoms with Crippen LogP contribution in [-0.2, 0) is 9.53 Å². The molecule has 0 aromatic heterocycles. The molecule has 6 nitrogen and oxygen atoms in total. The number of amides is 2. The van der Waals surface area contributed by atoms with Crippen molar-refractivity contribution in [2.45, 2.75) is 46.8 Å². The monoisotopic (exact) mass is 346 g/mol. The molecule has 1 heterocycles. The van der Waals surface area contributed by atoms with Gasteiger partial charge >= 0.3 is 12.0 Å². The molecule has 6 heteroatoms. The van der Waals surface area contributed by atoms with Crippen LogP contribution in [0.1, 0.15) is 46.2 Å². The largest absolute Gasteiger partial charge is 0.497 e. The van der Waals surface area contributed by atoms with Crippen LogP contribution >= 0.6 is 0 Å². The molecule has 2 amide bonds. The molecule has 0 radical (unpaired) electrons. The van der Waals surface area contributed by atoms with Crippen LogP contribution in [0.5, 0.6) is 5.75 Å². The van der Waals surface area contributed by atoms with E-state index in [4.69, 9.17) is 9.47 Å². The highest BCUT2D eigenvalue weighted by molar-refractivity contribution is 5.95. The van der Waals surface area contributed by atoms with E-state index in [9.17, 15) is 9.59 Å². The van der Waals surface area contributed by atoms with Crippen LogP contribution in [-0.4, -0.2) is 25.2 Å². The molecule has 0 bridgehead atoms. The molecule has 0 aliphatic carbocycles. The average molecular weight is 346 g/mol. The van der Waals surface area contributed by atoms with Crippen LogP contribution in [0.3, 0.4) is 0 Å². The van der Waals surface area contributed by atoms with E-state index in [0.29, 0.717) is 17.0 Å². The maximum Gasteiger partial charge on any atom is 0.338 e. The first kappa shape index (κ1) is 18.8. The summed E-state index contributed by atoms with van der Waals surface area (Å²) in [5.74, 6) is 0.267. The second kappa shape index (κ2) is 7.17. The first-order valence-corrected chi connectivity index (χ1v) is 8.26. The van der Waals surface area contributed by atoms with Crippen molar-refractivity contribution in [2.24, 2.45) is 5.41 Å². The van der Waals surface area contributed by atoms with Gasteiger partial charge in [0, 0.05) is 5.70 Å². The van der Waals surface area contributed by atoms with Gasteiger partial charge in [0.05, 0.1) is 18.7 Å². The molecule has 2 N–H and O–H groups in total. The number of rotatable bonds is 4. The number of allylic oxidation sites excluding steroid dienone is 1. The predicted molar refractivity (Wildman–Crippen MR) is 95.1 cm³/mol. The third kappa shape index (κ3) is 4.32. The average Bonchev–Trinajstić information content (AvgIpc) is 2.53. The summed E-state index contributed by atoms with van der Waals surface area (Å²) >= 11 is 0. The van der Waals surface area contributed by atoms with Crippen LogP contribution in [0.25, 0.3) is 0 Å². The van der Waals surface area contributed by atoms with Crippen LogP contribution in [0.4, 0.5) is 4.79 Å². The summed E-state index contributed by atoms with van der Waals surface area (Å²) in [6.07, 6.45) is -0.269. The minimum absolute atomic E-state index is 0.176. The van der Waals surface area contributed by atoms with E-state index in [-0.39, 0.29) is 17.6 Å². The summed E-state index contributed by atoms with van der Waals surface area (Å²) in [6.45, 7) is 9.59. The van der Waals surface area contributed by atoms with Gasteiger partial charge in [0.15, 0.2) is 0 Å². The lowest BCUT2D eigenvalue weighted by molar-refractivity contribution is -0.149. The Bertz CT molecular complexity index is 686. The summed E-state index contributed by atoms with van der Waals surface area (Å²) < 4.78 is 10.8. The zero-order valence-electron chi connectivity index (χ0n) is 15.6. The fraction of sp³-hybridized carbons (Fsp3) is 0.474. The lowest BCUT2D eigenvalue weighted by Crippen LogP contribution is -2.46. The summed E-state index contributed by atoms with van der Waals surface area (Å²) in [4.78, 5) is 24.7. The summed E-state index contributed by atoms with van der Waals surface area (Å²) in [5, 5.41) is 5.44. The number of urea groups is 1. The topological polar surface area (TPSA) is 76.7 Å². The SMILES string of the molecule is COc1ccc([C@H]2NC(=O)NC(C)=C2C(=O)O[C@@H](C)C(C)(C)C)cc1. The molecular formula is C19H26N2O4. The van der Waals surface area contributed by atoms with Gasteiger partial charge in [-0.3, -0.25) is 0 Å². The van der Waals surface area contributed by atoms with Crippen molar-refractivity contribution in [1.82, 2.24) is 10.6 Å². The Hall–Kier alpha value is -2.50. The minimum atomic E-state index is -0.570. The highest BCUT2D eigenvalue weighted by atomic mass is 16.5. The fourth-order valence-corrected chi connectivity index (χ4v) is 2.41. The van der Waals surface area contributed by atoms with Crippen molar-refractivity contribution in [1.29, 1.82) is 0 Å². The molecule has 2 atom stereocenters. The van der Waals surface area contributed by atoms with Gasteiger partial charge in [-0.1, -0.05) is 32.9 Å². The van der Waals surface area contributed by atoms with Crippen LogP contribution in [0, 0.1) is 5.41 Å². The van der Waals surface area contributed by atoms with Crippen molar-refractivity contribution in [2.75, 3.05) is 7.11 Å². The van der Waals surface area contributed by atoms with Crippen molar-refractivity contribution in [3.8, 4) is 5.75 Å². The second-order valence-corrected chi connectivity index (χ2v) is 7.26. The van der Waals surface area contributed by atoms with Gasteiger partial charge in [-0.05, 0) is 37.0 Å². The Kier molecular flexibility index (Phi) is 5.40. The van der Waals surface area contributed by atoms with E-state index < -0.39 is 12.0 Å². The van der Waals surface area contributed by atoms with Crippen molar-refractivity contribution in [3.63, 3.8) is 0 Å². The third-order valence-corrected chi connectivity index (χ3v) is 4.44. The number of ether oxygens (including phenoxy) is 2. The van der Waals surface area contributed by atoms with Gasteiger partial charge in [-0.2, -0.15) is 0 Å². The number of carbonyl (C=O) groups is 2. The highest BCUT2D eigenvalue weighted by Gasteiger charge is 2.34. The standard InChI is InChI=1S/C19H26N2O4/c1-11-15(17(22)25-12(2)19(3,4)5)16(21-18(23)20-11)13-7-9-14(24-6)10-8-13/h7-10,12,16H,1-6H3,(H2,20,21,23)/t12-,16+/m0/s1. The number of carbonyl (C=O) groups excluding carboxylic acids is 2. The van der Waals surface area contributed by atoms with Crippen molar-refractivity contribution >= 4 is 12.0 Å². The summed E-state index contributed by atoms with van der Waals surface area (Å²) in [5.41, 5.74) is 1.51. The Morgan fingerprint density at radius 1 is 1.20 bits per heavy atom. The van der Waals surface area contributed by atoms with E-state index >= 15 is 0 Å². The number of benzene rings is 1. The first-order chi connectivity index (χ1) is 11.6. The molecule has 1 aliphatic heterocycles. The van der Waals surface area contributed by atoms with Gasteiger partial charge in [0.1, 0.15) is 11.9 Å². The molecule has 0 unspecified atom stereocenters. The Labute approximate surface area is 148 Å². The number of esters is 1. The van der Waals surface area contributed by atoms with Crippen molar-refractivity contribution in [3.05, 3.63) is 41.1 Å². The zero-order valence-corrected chi connectivity index (χ0v) is 15.6. The molecule has 0 fully saturated rings. The maximum absolute atomic E-state index is 12.8. The van der Waals surface area contributed by atoms with Crippen LogP contribution in [0.15, 0.2) is 35.5 Å². The number of methoxy groups -OCH3 is 1. The van der Waals surface area contributed by atoms with Crippen molar-refractivity contribution < 1.29 is 19.1 Å². The normalized spacial score (nSPS) is 19.0. The Morgan fingerprint density at radius 3 is 2.32 bits per heavy atom. The minimum Gasteiger partial charge on any atom is -0.497 e. The number of hydrogen-bond acceptors (Lipinski definition) is 4. The van der Waals surface area contributed by atoms with Crippen LogP contribution in [0.2, 0.25) is 0 Å². The van der Waals surface area contributed by atoms with Gasteiger partial charge in [0.25, 0.3) is 0 Å². The van der Waals surface area contributed by atoms with E-state index in [0.717, 1.165) is 5.56 Å². The smallest absolute Gasteiger partial charge is 0.338 e. The summed E-state index contributed by atoms with van der Waals surface area (Å²) in [7, 11) is 1.59. The zero-order chi connectivity index (χ0) is 18.8. The molecule has 2 rings (SSSR count). The third-order valence-electron chi connectivity index (χ3n) is 4.44. The molecule has 25 heavy (non-hydrogen) atoms. The number of nitrogens with one attached hydrogen (secondary N) is 2. The quantitative estimate of drug-likeness (QED) is 0.820. The molecule has 1 aliphatic rings. The van der Waals surface area contributed by atoms with Gasteiger partial charge in [-0.25, -0.2) is 9.59 Å². The van der Waals surface area contributed by atoms with E-state index in [2.05, 4.69) is 10.6 Å². The number of hydrogen-bond donors (Lipinski definition) is 2. The van der Waals surface area contributed by atoms with Gasteiger partial charge < -0.3 is 20.1 Å². The lowest BCUT2D eigenvalue weighted by Gasteiger charge is -2.31. The highest BCUT2D eigenvalue weighted by Crippen LogP contribution is 2.30. The molecule has 1 aromatic rings. The molecule has 1 aromatic carbocycles. The molecule has 136 valence electrons. The van der Waals surface area contributed by atoms with Crippen LogP contribution < -0.4 is 15.4 Å². The molecule has 0 saturated carbocycles. The molecular weight excluding hydrogens is 320 g/mol. The summed E-state index contributed by atoms with van der Waals surface area (Å²) in [6, 6.07) is 6.31. The molecule has 0 spiro atoms. The lowest BCUT2D eigenvalue weighted by atomic mass is 9.90. The fourth-order valence-electron chi connectivity index (χ4n) is 2.41. The maximum atomic E-state index is 12.8. The van der Waals surface area contributed by atoms with Gasteiger partial charge in [-0.15, -0.1) is 0 Å². The Balaban J connectivity index is 2.34. The van der Waals surface area contributed by atoms with E-state index in [1.807, 2.05) is 39.8 Å². The van der Waals surface area contributed by atoms with E-state index in [1.165, 1.54) is 0 Å². The molecule has 0 saturated heterocycles.